The van der Waals surface area contributed by atoms with E-state index in [2.05, 4.69) is 21.8 Å². The summed E-state index contributed by atoms with van der Waals surface area (Å²) in [6.45, 7) is 5.90. The van der Waals surface area contributed by atoms with Crippen molar-refractivity contribution >= 4 is 16.7 Å². The molecule has 3 rings (SSSR count). The first-order valence-electron chi connectivity index (χ1n) is 8.21. The van der Waals surface area contributed by atoms with Crippen LogP contribution in [0.3, 0.4) is 0 Å². The lowest BCUT2D eigenvalue weighted by molar-refractivity contribution is 0.282. The minimum absolute atomic E-state index is 0.788. The maximum Gasteiger partial charge on any atom is 0.108 e. The maximum absolute atomic E-state index is 5.81. The normalized spacial score (nSPS) is 20.7. The highest BCUT2D eigenvalue weighted by atomic mass is 15.1. The lowest BCUT2D eigenvalue weighted by Gasteiger charge is -2.19. The Balaban J connectivity index is 1.58. The van der Waals surface area contributed by atoms with Gasteiger partial charge in [-0.15, -0.1) is 0 Å². The fourth-order valence-corrected chi connectivity index (χ4v) is 3.32. The van der Waals surface area contributed by atoms with Crippen LogP contribution in [-0.2, 0) is 6.42 Å². The molecule has 1 atom stereocenters. The van der Waals surface area contributed by atoms with Gasteiger partial charge in [0.25, 0.3) is 0 Å². The van der Waals surface area contributed by atoms with Crippen molar-refractivity contribution in [2.45, 2.75) is 39.0 Å². The summed E-state index contributed by atoms with van der Waals surface area (Å²) in [6, 6.07) is 5.86. The van der Waals surface area contributed by atoms with E-state index in [1.807, 2.05) is 18.2 Å². The van der Waals surface area contributed by atoms with Gasteiger partial charge in [0.15, 0.2) is 0 Å². The van der Waals surface area contributed by atoms with Crippen molar-refractivity contribution in [1.82, 2.24) is 14.9 Å². The van der Waals surface area contributed by atoms with Crippen LogP contribution in [0, 0.1) is 5.92 Å². The lowest BCUT2D eigenvalue weighted by Crippen LogP contribution is -2.27. The SMILES string of the molecule is CCC1CCCN(CCc2nc3ccc(N)cc3[nH]2)CC1. The molecule has 0 saturated carbocycles. The van der Waals surface area contributed by atoms with E-state index in [4.69, 9.17) is 5.73 Å². The molecular formula is C17H26N4. The summed E-state index contributed by atoms with van der Waals surface area (Å²) in [7, 11) is 0. The molecule has 2 aromatic rings. The van der Waals surface area contributed by atoms with Gasteiger partial charge in [-0.1, -0.05) is 13.3 Å². The van der Waals surface area contributed by atoms with Crippen molar-refractivity contribution in [3.63, 3.8) is 0 Å². The number of nitrogens with two attached hydrogens (primary N) is 1. The Bertz CT molecular complexity index is 589. The number of aromatic amines is 1. The zero-order valence-corrected chi connectivity index (χ0v) is 12.9. The van der Waals surface area contributed by atoms with Crippen LogP contribution in [0.15, 0.2) is 18.2 Å². The lowest BCUT2D eigenvalue weighted by atomic mass is 9.98. The summed E-state index contributed by atoms with van der Waals surface area (Å²) in [5.74, 6) is 2.01. The minimum Gasteiger partial charge on any atom is -0.399 e. The Morgan fingerprint density at radius 3 is 3.10 bits per heavy atom. The van der Waals surface area contributed by atoms with Crippen LogP contribution in [0.2, 0.25) is 0 Å². The Morgan fingerprint density at radius 2 is 2.24 bits per heavy atom. The van der Waals surface area contributed by atoms with Crippen LogP contribution in [0.5, 0.6) is 0 Å². The number of anilines is 1. The average Bonchev–Trinajstić information content (AvgIpc) is 2.74. The molecule has 1 aromatic carbocycles. The van der Waals surface area contributed by atoms with Crippen LogP contribution in [0.1, 0.15) is 38.4 Å². The zero-order valence-electron chi connectivity index (χ0n) is 12.9. The number of nitrogens with zero attached hydrogens (tertiary/aromatic N) is 2. The summed E-state index contributed by atoms with van der Waals surface area (Å²) in [5.41, 5.74) is 8.66. The van der Waals surface area contributed by atoms with Crippen LogP contribution in [0.4, 0.5) is 5.69 Å². The Morgan fingerprint density at radius 1 is 1.33 bits per heavy atom. The van der Waals surface area contributed by atoms with Gasteiger partial charge in [0.05, 0.1) is 11.0 Å². The molecule has 1 fully saturated rings. The van der Waals surface area contributed by atoms with Gasteiger partial charge >= 0.3 is 0 Å². The maximum atomic E-state index is 5.81. The molecule has 0 radical (unpaired) electrons. The molecule has 2 heterocycles. The molecule has 0 amide bonds. The number of fused-ring (bicyclic) bond motifs is 1. The molecule has 21 heavy (non-hydrogen) atoms. The third kappa shape index (κ3) is 3.56. The minimum atomic E-state index is 0.788. The monoisotopic (exact) mass is 286 g/mol. The second-order valence-corrected chi connectivity index (χ2v) is 6.26. The van der Waals surface area contributed by atoms with E-state index in [0.717, 1.165) is 41.4 Å². The molecule has 0 bridgehead atoms. The fraction of sp³-hybridized carbons (Fsp3) is 0.588. The number of aromatic nitrogens is 2. The van der Waals surface area contributed by atoms with E-state index >= 15 is 0 Å². The number of hydrogen-bond acceptors (Lipinski definition) is 3. The quantitative estimate of drug-likeness (QED) is 0.849. The second-order valence-electron chi connectivity index (χ2n) is 6.26. The number of nitrogens with one attached hydrogen (secondary N) is 1. The third-order valence-electron chi connectivity index (χ3n) is 4.74. The Labute approximate surface area is 126 Å². The molecule has 4 heteroatoms. The molecule has 1 saturated heterocycles. The predicted octanol–water partition coefficient (Wildman–Crippen LogP) is 3.20. The van der Waals surface area contributed by atoms with Crippen LogP contribution in [0.25, 0.3) is 11.0 Å². The first-order chi connectivity index (χ1) is 10.2. The van der Waals surface area contributed by atoms with E-state index in [1.165, 1.54) is 38.8 Å². The zero-order chi connectivity index (χ0) is 14.7. The number of nitrogen functional groups attached to an aromatic ring is 1. The summed E-state index contributed by atoms with van der Waals surface area (Å²) in [6.07, 6.45) is 6.42. The standard InChI is InChI=1S/C17H26N4/c1-2-13-4-3-9-21(10-7-13)11-8-17-19-15-6-5-14(18)12-16(15)20-17/h5-6,12-13H,2-4,7-11,18H2,1H3,(H,19,20). The van der Waals surface area contributed by atoms with Crippen LogP contribution < -0.4 is 5.73 Å². The van der Waals surface area contributed by atoms with E-state index < -0.39 is 0 Å². The molecule has 1 unspecified atom stereocenters. The van der Waals surface area contributed by atoms with Gasteiger partial charge in [-0.3, -0.25) is 0 Å². The van der Waals surface area contributed by atoms with Gasteiger partial charge in [-0.2, -0.15) is 0 Å². The number of likely N-dealkylation sites (tertiary alicyclic amines) is 1. The van der Waals surface area contributed by atoms with E-state index in [9.17, 15) is 0 Å². The highest BCUT2D eigenvalue weighted by Gasteiger charge is 2.15. The van der Waals surface area contributed by atoms with E-state index in [-0.39, 0.29) is 0 Å². The smallest absolute Gasteiger partial charge is 0.108 e. The largest absolute Gasteiger partial charge is 0.399 e. The molecule has 3 N–H and O–H groups in total. The molecule has 1 aromatic heterocycles. The topological polar surface area (TPSA) is 57.9 Å². The van der Waals surface area contributed by atoms with Gasteiger partial charge in [-0.25, -0.2) is 4.98 Å². The van der Waals surface area contributed by atoms with Crippen molar-refractivity contribution in [2.75, 3.05) is 25.4 Å². The first kappa shape index (κ1) is 14.4. The molecule has 0 spiro atoms. The predicted molar refractivity (Wildman–Crippen MR) is 88.3 cm³/mol. The molecule has 1 aliphatic heterocycles. The van der Waals surface area contributed by atoms with Crippen LogP contribution in [-0.4, -0.2) is 34.5 Å². The van der Waals surface area contributed by atoms with Gasteiger partial charge in [0, 0.05) is 18.7 Å². The summed E-state index contributed by atoms with van der Waals surface area (Å²) >= 11 is 0. The van der Waals surface area contributed by atoms with Crippen molar-refractivity contribution in [2.24, 2.45) is 5.92 Å². The Hall–Kier alpha value is -1.55. The molecule has 1 aliphatic rings. The second kappa shape index (κ2) is 6.48. The fourth-order valence-electron chi connectivity index (χ4n) is 3.32. The third-order valence-corrected chi connectivity index (χ3v) is 4.74. The number of benzene rings is 1. The highest BCUT2D eigenvalue weighted by molar-refractivity contribution is 5.78. The number of imidazole rings is 1. The number of hydrogen-bond donors (Lipinski definition) is 2. The van der Waals surface area contributed by atoms with Crippen molar-refractivity contribution < 1.29 is 0 Å². The van der Waals surface area contributed by atoms with Crippen molar-refractivity contribution in [1.29, 1.82) is 0 Å². The van der Waals surface area contributed by atoms with E-state index in [1.54, 1.807) is 0 Å². The summed E-state index contributed by atoms with van der Waals surface area (Å²) < 4.78 is 0. The molecular weight excluding hydrogens is 260 g/mol. The van der Waals surface area contributed by atoms with Crippen LogP contribution >= 0.6 is 0 Å². The summed E-state index contributed by atoms with van der Waals surface area (Å²) in [5, 5.41) is 0. The molecule has 114 valence electrons. The number of rotatable bonds is 4. The highest BCUT2D eigenvalue weighted by Crippen LogP contribution is 2.20. The van der Waals surface area contributed by atoms with Gasteiger partial charge < -0.3 is 15.6 Å². The van der Waals surface area contributed by atoms with Gasteiger partial charge in [-0.05, 0) is 56.5 Å². The summed E-state index contributed by atoms with van der Waals surface area (Å²) in [4.78, 5) is 10.6. The Kier molecular flexibility index (Phi) is 4.44. The van der Waals surface area contributed by atoms with Crippen molar-refractivity contribution in [3.8, 4) is 0 Å². The van der Waals surface area contributed by atoms with E-state index in [0.29, 0.717) is 0 Å². The average molecular weight is 286 g/mol. The molecule has 0 aliphatic carbocycles. The van der Waals surface area contributed by atoms with Gasteiger partial charge in [0.1, 0.15) is 5.82 Å². The first-order valence-corrected chi connectivity index (χ1v) is 8.21. The van der Waals surface area contributed by atoms with Crippen molar-refractivity contribution in [3.05, 3.63) is 24.0 Å². The number of H-pyrrole nitrogens is 1. The van der Waals surface area contributed by atoms with Gasteiger partial charge in [0.2, 0.25) is 0 Å². The molecule has 4 nitrogen and oxygen atoms in total.